The van der Waals surface area contributed by atoms with Gasteiger partial charge in [-0.1, -0.05) is 11.6 Å². The molecule has 1 aliphatic heterocycles. The second-order valence-electron chi connectivity index (χ2n) is 7.47. The zero-order chi connectivity index (χ0) is 23.4. The highest BCUT2D eigenvalue weighted by atomic mass is 35.5. The van der Waals surface area contributed by atoms with Crippen molar-refractivity contribution in [2.75, 3.05) is 29.2 Å². The van der Waals surface area contributed by atoms with E-state index >= 15 is 0 Å². The zero-order valence-corrected chi connectivity index (χ0v) is 19.5. The molecular formula is C24H22ClN3O4S. The number of nitrogens with one attached hydrogen (secondary N) is 2. The van der Waals surface area contributed by atoms with E-state index in [-0.39, 0.29) is 17.4 Å². The van der Waals surface area contributed by atoms with Gasteiger partial charge in [0.05, 0.1) is 27.6 Å². The highest BCUT2D eigenvalue weighted by molar-refractivity contribution is 7.18. The summed E-state index contributed by atoms with van der Waals surface area (Å²) in [7, 11) is 1.50. The van der Waals surface area contributed by atoms with Crippen LogP contribution in [0.4, 0.5) is 17.1 Å². The Balaban J connectivity index is 1.52. The van der Waals surface area contributed by atoms with Gasteiger partial charge in [-0.15, -0.1) is 11.3 Å². The molecule has 0 spiro atoms. The Bertz CT molecular complexity index is 1190. The number of methoxy groups -OCH3 is 1. The van der Waals surface area contributed by atoms with Crippen LogP contribution in [0.15, 0.2) is 54.6 Å². The molecule has 33 heavy (non-hydrogen) atoms. The van der Waals surface area contributed by atoms with Crippen molar-refractivity contribution in [1.82, 2.24) is 0 Å². The van der Waals surface area contributed by atoms with Crippen molar-refractivity contribution in [2.45, 2.75) is 19.3 Å². The molecule has 170 valence electrons. The van der Waals surface area contributed by atoms with Gasteiger partial charge in [-0.2, -0.15) is 0 Å². The molecule has 2 aromatic carbocycles. The second-order valence-corrected chi connectivity index (χ2v) is 9.19. The quantitative estimate of drug-likeness (QED) is 0.489. The summed E-state index contributed by atoms with van der Waals surface area (Å²) >= 11 is 7.08. The smallest absolute Gasteiger partial charge is 0.265 e. The number of nitrogens with zero attached hydrogens (tertiary/aromatic N) is 1. The average Bonchev–Trinajstić information content (AvgIpc) is 3.26. The molecule has 0 saturated carbocycles. The molecule has 1 aromatic heterocycles. The Morgan fingerprint density at radius 1 is 1.00 bits per heavy atom. The maximum atomic E-state index is 13.1. The van der Waals surface area contributed by atoms with E-state index in [0.29, 0.717) is 39.3 Å². The molecule has 0 bridgehead atoms. The molecule has 3 amide bonds. The molecule has 2 N–H and O–H groups in total. The van der Waals surface area contributed by atoms with E-state index < -0.39 is 5.91 Å². The average molecular weight is 484 g/mol. The van der Waals surface area contributed by atoms with Gasteiger partial charge in [-0.3, -0.25) is 14.4 Å². The summed E-state index contributed by atoms with van der Waals surface area (Å²) in [5.74, 6) is -0.171. The van der Waals surface area contributed by atoms with Crippen LogP contribution in [0.5, 0.6) is 5.75 Å². The van der Waals surface area contributed by atoms with Gasteiger partial charge in [0.15, 0.2) is 0 Å². The van der Waals surface area contributed by atoms with Crippen LogP contribution in [0.25, 0.3) is 0 Å². The first-order valence-electron chi connectivity index (χ1n) is 10.4. The van der Waals surface area contributed by atoms with Gasteiger partial charge in [0.25, 0.3) is 11.8 Å². The Morgan fingerprint density at radius 2 is 1.79 bits per heavy atom. The van der Waals surface area contributed by atoms with Crippen molar-refractivity contribution in [3.63, 3.8) is 0 Å². The lowest BCUT2D eigenvalue weighted by Crippen LogP contribution is -2.35. The first kappa shape index (κ1) is 22.8. The van der Waals surface area contributed by atoms with E-state index in [2.05, 4.69) is 10.6 Å². The minimum atomic E-state index is -0.407. The molecule has 1 fully saturated rings. The van der Waals surface area contributed by atoms with Crippen molar-refractivity contribution in [1.29, 1.82) is 0 Å². The van der Waals surface area contributed by atoms with E-state index in [1.807, 2.05) is 12.1 Å². The molecular weight excluding hydrogens is 462 g/mol. The number of carbonyl (C=O) groups is 3. The van der Waals surface area contributed by atoms with E-state index in [4.69, 9.17) is 16.3 Å². The predicted octanol–water partition coefficient (Wildman–Crippen LogP) is 5.43. The first-order valence-corrected chi connectivity index (χ1v) is 11.6. The Hall–Kier alpha value is -3.36. The highest BCUT2D eigenvalue weighted by Gasteiger charge is 2.20. The van der Waals surface area contributed by atoms with Crippen LogP contribution < -0.4 is 20.3 Å². The van der Waals surface area contributed by atoms with Crippen LogP contribution in [-0.2, 0) is 4.79 Å². The topological polar surface area (TPSA) is 87.7 Å². The fraction of sp³-hybridized carbons (Fsp3) is 0.208. The van der Waals surface area contributed by atoms with E-state index in [1.165, 1.54) is 7.11 Å². The number of halogens is 1. The molecule has 3 aromatic rings. The first-order chi connectivity index (χ1) is 15.9. The van der Waals surface area contributed by atoms with Crippen molar-refractivity contribution in [3.8, 4) is 5.75 Å². The molecule has 9 heteroatoms. The molecule has 0 unspecified atom stereocenters. The molecule has 7 nitrogen and oxygen atoms in total. The Morgan fingerprint density at radius 3 is 2.45 bits per heavy atom. The van der Waals surface area contributed by atoms with Crippen molar-refractivity contribution in [3.05, 3.63) is 69.4 Å². The third-order valence-electron chi connectivity index (χ3n) is 5.28. The lowest BCUT2D eigenvalue weighted by atomic mass is 10.1. The normalized spacial score (nSPS) is 13.5. The number of benzene rings is 2. The van der Waals surface area contributed by atoms with Gasteiger partial charge < -0.3 is 20.3 Å². The number of rotatable bonds is 6. The second kappa shape index (κ2) is 10.1. The largest absolute Gasteiger partial charge is 0.497 e. The number of amides is 3. The maximum Gasteiger partial charge on any atom is 0.265 e. The summed E-state index contributed by atoms with van der Waals surface area (Å²) in [6.07, 6.45) is 2.45. The van der Waals surface area contributed by atoms with Crippen LogP contribution >= 0.6 is 22.9 Å². The fourth-order valence-corrected chi connectivity index (χ4v) is 4.51. The highest BCUT2D eigenvalue weighted by Crippen LogP contribution is 2.27. The summed E-state index contributed by atoms with van der Waals surface area (Å²) in [4.78, 5) is 40.0. The molecule has 0 aliphatic carbocycles. The summed E-state index contributed by atoms with van der Waals surface area (Å²) in [5, 5.41) is 5.61. The van der Waals surface area contributed by atoms with Gasteiger partial charge in [-0.05, 0) is 67.4 Å². The van der Waals surface area contributed by atoms with Gasteiger partial charge in [0, 0.05) is 24.3 Å². The molecule has 2 heterocycles. The number of hydrogen-bond donors (Lipinski definition) is 2. The predicted molar refractivity (Wildman–Crippen MR) is 131 cm³/mol. The standard InChI is InChI=1S/C24H22ClN3O4S/c1-32-17-9-10-19(27-24(31)20-11-12-21(25)33-20)18(14-17)23(30)26-15-5-7-16(8-6-15)28-13-3-2-4-22(28)29/h5-12,14H,2-4,13H2,1H3,(H,26,30)(H,27,31). The molecule has 1 saturated heterocycles. The van der Waals surface area contributed by atoms with Crippen molar-refractivity contribution < 1.29 is 19.1 Å². The molecule has 1 aliphatic rings. The summed E-state index contributed by atoms with van der Waals surface area (Å²) in [6, 6.07) is 15.2. The summed E-state index contributed by atoms with van der Waals surface area (Å²) < 4.78 is 5.75. The lowest BCUT2D eigenvalue weighted by Gasteiger charge is -2.26. The number of thiophene rings is 1. The van der Waals surface area contributed by atoms with E-state index in [9.17, 15) is 14.4 Å². The Kier molecular flexibility index (Phi) is 6.96. The maximum absolute atomic E-state index is 13.1. The molecule has 4 rings (SSSR count). The number of carbonyl (C=O) groups excluding carboxylic acids is 3. The van der Waals surface area contributed by atoms with Gasteiger partial charge >= 0.3 is 0 Å². The fourth-order valence-electron chi connectivity index (χ4n) is 3.57. The minimum Gasteiger partial charge on any atom is -0.497 e. The van der Waals surface area contributed by atoms with Gasteiger partial charge in [-0.25, -0.2) is 0 Å². The lowest BCUT2D eigenvalue weighted by molar-refractivity contribution is -0.119. The molecule has 0 atom stereocenters. The van der Waals surface area contributed by atoms with Crippen LogP contribution in [0.2, 0.25) is 4.34 Å². The van der Waals surface area contributed by atoms with E-state index in [0.717, 1.165) is 29.9 Å². The van der Waals surface area contributed by atoms with Crippen LogP contribution in [0.3, 0.4) is 0 Å². The number of piperidine rings is 1. The SMILES string of the molecule is COc1ccc(NC(=O)c2ccc(Cl)s2)c(C(=O)Nc2ccc(N3CCCCC3=O)cc2)c1. The van der Waals surface area contributed by atoms with Crippen molar-refractivity contribution >= 4 is 57.7 Å². The van der Waals surface area contributed by atoms with Crippen LogP contribution in [0, 0.1) is 0 Å². The van der Waals surface area contributed by atoms with E-state index in [1.54, 1.807) is 47.4 Å². The zero-order valence-electron chi connectivity index (χ0n) is 17.9. The number of ether oxygens (including phenoxy) is 1. The number of hydrogen-bond acceptors (Lipinski definition) is 5. The van der Waals surface area contributed by atoms with Crippen LogP contribution in [0.1, 0.15) is 39.3 Å². The van der Waals surface area contributed by atoms with Gasteiger partial charge in [0.1, 0.15) is 5.75 Å². The van der Waals surface area contributed by atoms with Crippen molar-refractivity contribution in [2.24, 2.45) is 0 Å². The monoisotopic (exact) mass is 483 g/mol. The van der Waals surface area contributed by atoms with Gasteiger partial charge in [0.2, 0.25) is 5.91 Å². The Labute approximate surface area is 200 Å². The minimum absolute atomic E-state index is 0.113. The molecule has 0 radical (unpaired) electrons. The third-order valence-corrected chi connectivity index (χ3v) is 6.51. The number of anilines is 3. The summed E-state index contributed by atoms with van der Waals surface area (Å²) in [6.45, 7) is 0.701. The summed E-state index contributed by atoms with van der Waals surface area (Å²) in [5.41, 5.74) is 1.97. The third kappa shape index (κ3) is 5.35. The van der Waals surface area contributed by atoms with Crippen LogP contribution in [-0.4, -0.2) is 31.4 Å².